The summed E-state index contributed by atoms with van der Waals surface area (Å²) in [5.74, 6) is 0.649. The largest absolute Gasteiger partial charge is 0.447 e. The fourth-order valence-corrected chi connectivity index (χ4v) is 4.06. The molecule has 1 aliphatic rings. The summed E-state index contributed by atoms with van der Waals surface area (Å²) in [7, 11) is -3.52. The maximum Gasteiger partial charge on any atom is 0.276 e. The average molecular weight is 315 g/mol. The van der Waals surface area contributed by atoms with Crippen LogP contribution in [0.3, 0.4) is 0 Å². The molecule has 0 aromatic carbocycles. The van der Waals surface area contributed by atoms with Crippen molar-refractivity contribution in [3.05, 3.63) is 17.9 Å². The van der Waals surface area contributed by atoms with Gasteiger partial charge in [0.15, 0.2) is 0 Å². The smallest absolute Gasteiger partial charge is 0.276 e. The van der Waals surface area contributed by atoms with Crippen LogP contribution in [0.25, 0.3) is 0 Å². The number of piperazine rings is 1. The first-order valence-corrected chi connectivity index (χ1v) is 8.96. The highest BCUT2D eigenvalue weighted by Gasteiger charge is 2.33. The molecule has 1 fully saturated rings. The molecular formula is C14H25N3O3S. The van der Waals surface area contributed by atoms with Crippen LogP contribution < -0.4 is 5.32 Å². The summed E-state index contributed by atoms with van der Waals surface area (Å²) < 4.78 is 32.2. The molecule has 0 bridgehead atoms. The number of nitrogens with zero attached hydrogens (tertiary/aromatic N) is 2. The van der Waals surface area contributed by atoms with Gasteiger partial charge in [-0.05, 0) is 32.1 Å². The summed E-state index contributed by atoms with van der Waals surface area (Å²) in [5.41, 5.74) is 0. The SMILES string of the molecule is CCNCc1ccc(S(=O)(=O)N2CCN(CC)C(C)C2)o1. The van der Waals surface area contributed by atoms with E-state index in [1.54, 1.807) is 12.1 Å². The highest BCUT2D eigenvalue weighted by molar-refractivity contribution is 7.89. The van der Waals surface area contributed by atoms with Crippen LogP contribution in [0.4, 0.5) is 0 Å². The third-order valence-electron chi connectivity index (χ3n) is 3.91. The van der Waals surface area contributed by atoms with Gasteiger partial charge in [0, 0.05) is 25.7 Å². The number of likely N-dealkylation sites (N-methyl/N-ethyl adjacent to an activating group) is 1. The van der Waals surface area contributed by atoms with Crippen molar-refractivity contribution in [3.8, 4) is 0 Å². The van der Waals surface area contributed by atoms with Gasteiger partial charge in [0.25, 0.3) is 10.0 Å². The van der Waals surface area contributed by atoms with Crippen molar-refractivity contribution in [3.63, 3.8) is 0 Å². The van der Waals surface area contributed by atoms with Crippen LogP contribution in [0.15, 0.2) is 21.6 Å². The lowest BCUT2D eigenvalue weighted by Gasteiger charge is -2.38. The fraction of sp³-hybridized carbons (Fsp3) is 0.714. The van der Waals surface area contributed by atoms with Crippen LogP contribution in [-0.2, 0) is 16.6 Å². The van der Waals surface area contributed by atoms with Crippen LogP contribution in [0.1, 0.15) is 26.5 Å². The molecule has 120 valence electrons. The Bertz CT molecular complexity index is 556. The Morgan fingerprint density at radius 2 is 2.10 bits per heavy atom. The Hall–Kier alpha value is -0.890. The molecule has 1 saturated heterocycles. The number of sulfonamides is 1. The van der Waals surface area contributed by atoms with E-state index in [2.05, 4.69) is 24.1 Å². The minimum absolute atomic E-state index is 0.0487. The molecule has 1 N–H and O–H groups in total. The minimum Gasteiger partial charge on any atom is -0.447 e. The van der Waals surface area contributed by atoms with Crippen LogP contribution in [0.2, 0.25) is 0 Å². The Morgan fingerprint density at radius 3 is 2.71 bits per heavy atom. The molecule has 1 unspecified atom stereocenters. The van der Waals surface area contributed by atoms with Crippen molar-refractivity contribution in [1.82, 2.24) is 14.5 Å². The van der Waals surface area contributed by atoms with Gasteiger partial charge < -0.3 is 9.73 Å². The van der Waals surface area contributed by atoms with Crippen molar-refractivity contribution in [1.29, 1.82) is 0 Å². The molecule has 7 heteroatoms. The monoisotopic (exact) mass is 315 g/mol. The first kappa shape index (κ1) is 16.5. The maximum absolute atomic E-state index is 12.6. The maximum atomic E-state index is 12.6. The Kier molecular flexibility index (Phi) is 5.43. The predicted molar refractivity (Wildman–Crippen MR) is 81.6 cm³/mol. The lowest BCUT2D eigenvalue weighted by atomic mass is 10.2. The third-order valence-corrected chi connectivity index (χ3v) is 5.65. The van der Waals surface area contributed by atoms with E-state index >= 15 is 0 Å². The summed E-state index contributed by atoms with van der Waals surface area (Å²) in [6.45, 7) is 10.3. The van der Waals surface area contributed by atoms with Gasteiger partial charge in [-0.3, -0.25) is 4.90 Å². The summed E-state index contributed by atoms with van der Waals surface area (Å²) >= 11 is 0. The van der Waals surface area contributed by atoms with Gasteiger partial charge in [-0.1, -0.05) is 13.8 Å². The molecule has 1 aromatic rings. The van der Waals surface area contributed by atoms with Gasteiger partial charge in [0.1, 0.15) is 5.76 Å². The van der Waals surface area contributed by atoms with Gasteiger partial charge in [0.2, 0.25) is 5.09 Å². The molecule has 0 saturated carbocycles. The highest BCUT2D eigenvalue weighted by atomic mass is 32.2. The van der Waals surface area contributed by atoms with Crippen LogP contribution in [-0.4, -0.2) is 56.4 Å². The Labute approximate surface area is 127 Å². The quantitative estimate of drug-likeness (QED) is 0.852. The molecule has 0 aliphatic carbocycles. The zero-order valence-corrected chi connectivity index (χ0v) is 13.8. The number of nitrogens with one attached hydrogen (secondary N) is 1. The second-order valence-corrected chi connectivity index (χ2v) is 7.21. The van der Waals surface area contributed by atoms with E-state index in [4.69, 9.17) is 4.42 Å². The molecule has 21 heavy (non-hydrogen) atoms. The molecule has 0 radical (unpaired) electrons. The Balaban J connectivity index is 2.09. The van der Waals surface area contributed by atoms with Crippen LogP contribution >= 0.6 is 0 Å². The first-order chi connectivity index (χ1) is 9.98. The molecule has 0 spiro atoms. The van der Waals surface area contributed by atoms with E-state index in [1.807, 2.05) is 6.92 Å². The molecule has 1 atom stereocenters. The second-order valence-electron chi connectivity index (χ2n) is 5.34. The topological polar surface area (TPSA) is 65.8 Å². The van der Waals surface area contributed by atoms with E-state index in [0.29, 0.717) is 25.4 Å². The molecule has 6 nitrogen and oxygen atoms in total. The molecular weight excluding hydrogens is 290 g/mol. The fourth-order valence-electron chi connectivity index (χ4n) is 2.62. The van der Waals surface area contributed by atoms with E-state index in [0.717, 1.165) is 19.6 Å². The van der Waals surface area contributed by atoms with Crippen molar-refractivity contribution in [2.75, 3.05) is 32.7 Å². The van der Waals surface area contributed by atoms with Crippen molar-refractivity contribution >= 4 is 10.0 Å². The van der Waals surface area contributed by atoms with E-state index < -0.39 is 10.0 Å². The van der Waals surface area contributed by atoms with Crippen LogP contribution in [0, 0.1) is 0 Å². The van der Waals surface area contributed by atoms with Crippen LogP contribution in [0.5, 0.6) is 0 Å². The summed E-state index contributed by atoms with van der Waals surface area (Å²) in [4.78, 5) is 2.28. The number of furan rings is 1. The van der Waals surface area contributed by atoms with E-state index in [9.17, 15) is 8.42 Å². The average Bonchev–Trinajstić information content (AvgIpc) is 2.94. The predicted octanol–water partition coefficient (Wildman–Crippen LogP) is 1.10. The molecule has 0 amide bonds. The molecule has 2 rings (SSSR count). The highest BCUT2D eigenvalue weighted by Crippen LogP contribution is 2.22. The summed E-state index contributed by atoms with van der Waals surface area (Å²) in [6.07, 6.45) is 0. The first-order valence-electron chi connectivity index (χ1n) is 7.52. The zero-order chi connectivity index (χ0) is 15.5. The van der Waals surface area contributed by atoms with Gasteiger partial charge in [-0.15, -0.1) is 0 Å². The van der Waals surface area contributed by atoms with E-state index in [1.165, 1.54) is 4.31 Å². The molecule has 2 heterocycles. The normalized spacial score (nSPS) is 21.8. The number of hydrogen-bond acceptors (Lipinski definition) is 5. The van der Waals surface area contributed by atoms with Crippen molar-refractivity contribution in [2.24, 2.45) is 0 Å². The van der Waals surface area contributed by atoms with Gasteiger partial charge >= 0.3 is 0 Å². The minimum atomic E-state index is -3.52. The standard InChI is InChI=1S/C14H25N3O3S/c1-4-15-10-13-6-7-14(20-13)21(18,19)17-9-8-16(5-2)12(3)11-17/h6-7,12,15H,4-5,8-11H2,1-3H3. The van der Waals surface area contributed by atoms with Crippen molar-refractivity contribution < 1.29 is 12.8 Å². The van der Waals surface area contributed by atoms with Gasteiger partial charge in [0.05, 0.1) is 6.54 Å². The van der Waals surface area contributed by atoms with Gasteiger partial charge in [-0.25, -0.2) is 8.42 Å². The lowest BCUT2D eigenvalue weighted by Crippen LogP contribution is -2.53. The van der Waals surface area contributed by atoms with E-state index in [-0.39, 0.29) is 11.1 Å². The third kappa shape index (κ3) is 3.66. The lowest BCUT2D eigenvalue weighted by molar-refractivity contribution is 0.134. The zero-order valence-electron chi connectivity index (χ0n) is 13.0. The molecule has 1 aromatic heterocycles. The Morgan fingerprint density at radius 1 is 1.33 bits per heavy atom. The van der Waals surface area contributed by atoms with Crippen molar-refractivity contribution in [2.45, 2.75) is 38.5 Å². The molecule has 1 aliphatic heterocycles. The number of hydrogen-bond donors (Lipinski definition) is 1. The second kappa shape index (κ2) is 6.91. The number of rotatable bonds is 6. The summed E-state index contributed by atoms with van der Waals surface area (Å²) in [5, 5.41) is 3.17. The summed E-state index contributed by atoms with van der Waals surface area (Å²) in [6, 6.07) is 3.51. The van der Waals surface area contributed by atoms with Gasteiger partial charge in [-0.2, -0.15) is 4.31 Å².